The van der Waals surface area contributed by atoms with Gasteiger partial charge in [0.1, 0.15) is 0 Å². The average Bonchev–Trinajstić information content (AvgIpc) is 2.39. The SMILES string of the molecule is CC(C)[O-].CC(C)[O-].CC(C)[O-].CC(C)[O-].CC(C)[O-].CC(C)[O-].CC(C)[O-].CC(C)[O-].CC(C)[O-].[Ba+2].[I-].[Zr+4].[Zr+4]. The summed E-state index contributed by atoms with van der Waals surface area (Å²) in [5.74, 6) is 0. The molecule has 40 heavy (non-hydrogen) atoms. The van der Waals surface area contributed by atoms with E-state index in [9.17, 15) is 46.0 Å². The molecule has 242 valence electrons. The van der Waals surface area contributed by atoms with Crippen LogP contribution in [0, 0.1) is 0 Å². The molecule has 13 heteroatoms. The fraction of sp³-hybridized carbons (Fsp3) is 1.00. The molecule has 0 rings (SSSR count). The summed E-state index contributed by atoms with van der Waals surface area (Å²) in [7, 11) is 0. The largest absolute Gasteiger partial charge is 4.00 e. The molecule has 0 atom stereocenters. The van der Waals surface area contributed by atoms with Crippen molar-refractivity contribution in [2.75, 3.05) is 0 Å². The zero-order chi connectivity index (χ0) is 32.2. The predicted molar refractivity (Wildman–Crippen MR) is 142 cm³/mol. The van der Waals surface area contributed by atoms with Gasteiger partial charge in [-0.1, -0.05) is 125 Å². The van der Waals surface area contributed by atoms with Gasteiger partial charge in [0.25, 0.3) is 0 Å². The molecule has 0 amide bonds. The summed E-state index contributed by atoms with van der Waals surface area (Å²) in [6.07, 6.45) is -3.75. The molecular weight excluding hydrogens is 915 g/mol. The van der Waals surface area contributed by atoms with E-state index in [1.54, 1.807) is 125 Å². The van der Waals surface area contributed by atoms with Crippen LogP contribution in [0.25, 0.3) is 0 Å². The van der Waals surface area contributed by atoms with Crippen LogP contribution in [0.5, 0.6) is 0 Å². The number of hydrogen-bond acceptors (Lipinski definition) is 9. The second kappa shape index (κ2) is 78.8. The Labute approximate surface area is 346 Å². The monoisotopic (exact) mass is 976 g/mol. The number of rotatable bonds is 0. The fourth-order valence-electron chi connectivity index (χ4n) is 0. The summed E-state index contributed by atoms with van der Waals surface area (Å²) in [6.45, 7) is 29.0. The van der Waals surface area contributed by atoms with Gasteiger partial charge in [0, 0.05) is 0 Å². The van der Waals surface area contributed by atoms with Gasteiger partial charge in [0.2, 0.25) is 0 Å². The maximum absolute atomic E-state index is 9.53. The Balaban J connectivity index is -0.0000000184. The van der Waals surface area contributed by atoms with Crippen molar-refractivity contribution >= 4 is 48.9 Å². The van der Waals surface area contributed by atoms with Crippen LogP contribution in [0.1, 0.15) is 125 Å². The molecule has 0 fully saturated rings. The zero-order valence-electron chi connectivity index (χ0n) is 29.0. The van der Waals surface area contributed by atoms with Crippen LogP contribution in [0.4, 0.5) is 0 Å². The van der Waals surface area contributed by atoms with E-state index >= 15 is 0 Å². The Morgan fingerprint density at radius 3 is 0.225 bits per heavy atom. The summed E-state index contributed by atoms with van der Waals surface area (Å²) in [4.78, 5) is 0. The maximum atomic E-state index is 9.53. The summed E-state index contributed by atoms with van der Waals surface area (Å²) in [5, 5.41) is 85.8. The molecule has 0 aromatic rings. The van der Waals surface area contributed by atoms with E-state index in [1.165, 1.54) is 0 Å². The predicted octanol–water partition coefficient (Wildman–Crippen LogP) is -5.59. The van der Waals surface area contributed by atoms with Crippen LogP contribution in [-0.2, 0) is 52.4 Å². The Bertz CT molecular complexity index is 182. The molecule has 0 aliphatic heterocycles. The van der Waals surface area contributed by atoms with Crippen molar-refractivity contribution < 1.29 is 122 Å². The molecule has 0 bridgehead atoms. The first-order chi connectivity index (χ1) is 15.6. The Hall–Kier alpha value is 3.71. The van der Waals surface area contributed by atoms with E-state index in [0.29, 0.717) is 0 Å². The average molecular weight is 978 g/mol. The van der Waals surface area contributed by atoms with Crippen LogP contribution in [-0.4, -0.2) is 104 Å². The van der Waals surface area contributed by atoms with Crippen LogP contribution in [0.3, 0.4) is 0 Å². The zero-order valence-corrected chi connectivity index (χ0v) is 40.5. The van der Waals surface area contributed by atoms with Gasteiger partial charge in [-0.15, -0.1) is 54.9 Å². The third kappa shape index (κ3) is 5030. The van der Waals surface area contributed by atoms with Gasteiger partial charge in [-0.2, -0.15) is 0 Å². The van der Waals surface area contributed by atoms with Crippen molar-refractivity contribution in [3.63, 3.8) is 0 Å². The Kier molecular flexibility index (Phi) is 167. The van der Waals surface area contributed by atoms with Gasteiger partial charge in [-0.25, -0.2) is 0 Å². The summed E-state index contributed by atoms with van der Waals surface area (Å²) < 4.78 is 0. The molecule has 0 radical (unpaired) electrons. The molecule has 0 spiro atoms. The summed E-state index contributed by atoms with van der Waals surface area (Å²) in [5.41, 5.74) is 0. The quantitative estimate of drug-likeness (QED) is 0.167. The molecule has 9 nitrogen and oxygen atoms in total. The van der Waals surface area contributed by atoms with Crippen molar-refractivity contribution in [3.8, 4) is 0 Å². The van der Waals surface area contributed by atoms with Gasteiger partial charge in [-0.3, -0.25) is 0 Å². The summed E-state index contributed by atoms with van der Waals surface area (Å²) >= 11 is 0. The van der Waals surface area contributed by atoms with Crippen molar-refractivity contribution in [1.82, 2.24) is 0 Å². The second-order valence-corrected chi connectivity index (χ2v) is 9.44. The normalized spacial score (nSPS) is 8.10. The van der Waals surface area contributed by atoms with Gasteiger partial charge in [-0.05, 0) is 0 Å². The van der Waals surface area contributed by atoms with Crippen molar-refractivity contribution in [3.05, 3.63) is 0 Å². The molecular formula is C27H63BaIO9Zr2. The minimum atomic E-state index is -0.417. The van der Waals surface area contributed by atoms with Gasteiger partial charge < -0.3 is 69.9 Å². The first kappa shape index (κ1) is 84.5. The maximum Gasteiger partial charge on any atom is 4.00 e. The first-order valence-electron chi connectivity index (χ1n) is 12.5. The van der Waals surface area contributed by atoms with Gasteiger partial charge in [0.15, 0.2) is 0 Å². The van der Waals surface area contributed by atoms with Crippen molar-refractivity contribution in [1.29, 1.82) is 0 Å². The topological polar surface area (TPSA) is 208 Å². The minimum absolute atomic E-state index is 0. The van der Waals surface area contributed by atoms with Crippen molar-refractivity contribution in [2.24, 2.45) is 0 Å². The standard InChI is InChI=1S/9C3H7O.Ba.HI.2Zr/c9*1-3(2)4;;;;/h9*3H,1-2H3;;1H;;/q9*-1;+2;;2*+4/p-1. The molecule has 0 saturated carbocycles. The van der Waals surface area contributed by atoms with E-state index in [-0.39, 0.29) is 125 Å². The van der Waals surface area contributed by atoms with Crippen LogP contribution in [0.2, 0.25) is 0 Å². The van der Waals surface area contributed by atoms with E-state index in [2.05, 4.69) is 0 Å². The van der Waals surface area contributed by atoms with Crippen LogP contribution >= 0.6 is 0 Å². The fourth-order valence-corrected chi connectivity index (χ4v) is 0. The molecule has 0 aliphatic carbocycles. The van der Waals surface area contributed by atoms with Crippen molar-refractivity contribution in [2.45, 2.75) is 180 Å². The third-order valence-corrected chi connectivity index (χ3v) is 0. The van der Waals surface area contributed by atoms with Crippen LogP contribution < -0.4 is 69.9 Å². The van der Waals surface area contributed by atoms with E-state index in [0.717, 1.165) is 0 Å². The minimum Gasteiger partial charge on any atom is -1.00 e. The van der Waals surface area contributed by atoms with E-state index < -0.39 is 54.9 Å². The molecule has 0 heterocycles. The molecule has 0 aliphatic rings. The number of halogens is 1. The summed E-state index contributed by atoms with van der Waals surface area (Å²) in [6, 6.07) is 0. The Morgan fingerprint density at radius 2 is 0.225 bits per heavy atom. The Morgan fingerprint density at radius 1 is 0.225 bits per heavy atom. The molecule has 0 aromatic heterocycles. The third-order valence-electron chi connectivity index (χ3n) is 0. The smallest absolute Gasteiger partial charge is 1.00 e. The van der Waals surface area contributed by atoms with Crippen LogP contribution in [0.15, 0.2) is 0 Å². The molecule has 0 saturated heterocycles. The first-order valence-corrected chi connectivity index (χ1v) is 12.5. The second-order valence-electron chi connectivity index (χ2n) is 9.44. The van der Waals surface area contributed by atoms with E-state index in [1.807, 2.05) is 0 Å². The van der Waals surface area contributed by atoms with E-state index in [4.69, 9.17) is 0 Å². The number of hydrogen-bond donors (Lipinski definition) is 0. The van der Waals surface area contributed by atoms with Gasteiger partial charge in [0.05, 0.1) is 0 Å². The molecule has 0 aromatic carbocycles. The molecule has 0 unspecified atom stereocenters. The van der Waals surface area contributed by atoms with Gasteiger partial charge >= 0.3 is 101 Å². The molecule has 0 N–H and O–H groups in total.